The quantitative estimate of drug-likeness (QED) is 0.738. The number of hydrogen-bond acceptors (Lipinski definition) is 2. The van der Waals surface area contributed by atoms with Crippen LogP contribution in [0.25, 0.3) is 0 Å². The van der Waals surface area contributed by atoms with E-state index in [9.17, 15) is 0 Å². The maximum absolute atomic E-state index is 3.26. The Morgan fingerprint density at radius 3 is 2.64 bits per heavy atom. The summed E-state index contributed by atoms with van der Waals surface area (Å²) in [6.07, 6.45) is 8.88. The summed E-state index contributed by atoms with van der Waals surface area (Å²) in [4.78, 5) is 2.73. The fourth-order valence-electron chi connectivity index (χ4n) is 3.26. The van der Waals surface area contributed by atoms with Gasteiger partial charge in [0.05, 0.1) is 0 Å². The van der Waals surface area contributed by atoms with Crippen molar-refractivity contribution in [3.8, 4) is 0 Å². The van der Waals surface area contributed by atoms with Gasteiger partial charge in [0.2, 0.25) is 0 Å². The van der Waals surface area contributed by atoms with Crippen LogP contribution >= 0.6 is 0 Å². The molecule has 1 N–H and O–H groups in total. The molecule has 14 heavy (non-hydrogen) atoms. The Labute approximate surface area is 88.1 Å². The van der Waals surface area contributed by atoms with Gasteiger partial charge < -0.3 is 5.32 Å². The van der Waals surface area contributed by atoms with E-state index in [1.54, 1.807) is 0 Å². The number of likely N-dealkylation sites (N-methyl/N-ethyl adjacent to an activating group) is 1. The number of hydrogen-bond donors (Lipinski definition) is 1. The summed E-state index contributed by atoms with van der Waals surface area (Å²) in [5.41, 5.74) is 0. The zero-order valence-electron chi connectivity index (χ0n) is 9.47. The van der Waals surface area contributed by atoms with Crippen LogP contribution in [0.4, 0.5) is 0 Å². The van der Waals surface area contributed by atoms with E-state index in [-0.39, 0.29) is 0 Å². The molecule has 1 aliphatic carbocycles. The average molecular weight is 196 g/mol. The second-order valence-electron chi connectivity index (χ2n) is 4.89. The normalized spacial score (nSPS) is 30.2. The van der Waals surface area contributed by atoms with Crippen molar-refractivity contribution in [1.82, 2.24) is 10.2 Å². The van der Waals surface area contributed by atoms with E-state index in [4.69, 9.17) is 0 Å². The molecular formula is C12H24N2. The summed E-state index contributed by atoms with van der Waals surface area (Å²) >= 11 is 0. The van der Waals surface area contributed by atoms with Gasteiger partial charge in [-0.3, -0.25) is 4.90 Å². The van der Waals surface area contributed by atoms with Crippen molar-refractivity contribution in [3.05, 3.63) is 0 Å². The highest BCUT2D eigenvalue weighted by atomic mass is 15.2. The summed E-state index contributed by atoms with van der Waals surface area (Å²) in [6.45, 7) is 3.77. The molecule has 0 radical (unpaired) electrons. The molecule has 0 spiro atoms. The molecule has 2 fully saturated rings. The Bertz CT molecular complexity index is 164. The number of likely N-dealkylation sites (tertiary alicyclic amines) is 1. The Morgan fingerprint density at radius 2 is 1.93 bits per heavy atom. The minimum atomic E-state index is 0.936. The Balaban J connectivity index is 1.82. The van der Waals surface area contributed by atoms with Gasteiger partial charge in [-0.05, 0) is 45.2 Å². The van der Waals surface area contributed by atoms with Gasteiger partial charge in [-0.15, -0.1) is 0 Å². The average Bonchev–Trinajstić information content (AvgIpc) is 2.84. The minimum absolute atomic E-state index is 0.936. The van der Waals surface area contributed by atoms with Crippen LogP contribution in [0.5, 0.6) is 0 Å². The van der Waals surface area contributed by atoms with Crippen molar-refractivity contribution in [1.29, 1.82) is 0 Å². The number of nitrogens with zero attached hydrogens (tertiary/aromatic N) is 1. The van der Waals surface area contributed by atoms with E-state index in [0.29, 0.717) is 0 Å². The molecule has 2 aliphatic rings. The maximum atomic E-state index is 3.26. The van der Waals surface area contributed by atoms with Crippen molar-refractivity contribution < 1.29 is 0 Å². The van der Waals surface area contributed by atoms with Crippen LogP contribution in [0.15, 0.2) is 0 Å². The molecule has 0 amide bonds. The highest BCUT2D eigenvalue weighted by Gasteiger charge is 2.32. The molecule has 1 heterocycles. The van der Waals surface area contributed by atoms with Gasteiger partial charge in [0, 0.05) is 19.1 Å². The summed E-state index contributed by atoms with van der Waals surface area (Å²) in [7, 11) is 2.06. The Kier molecular flexibility index (Phi) is 3.82. The molecule has 1 aliphatic heterocycles. The molecule has 0 aromatic rings. The fourth-order valence-corrected chi connectivity index (χ4v) is 3.26. The predicted octanol–water partition coefficient (Wildman–Crippen LogP) is 1.86. The zero-order valence-corrected chi connectivity index (χ0v) is 9.47. The lowest BCUT2D eigenvalue weighted by molar-refractivity contribution is 0.192. The Morgan fingerprint density at radius 1 is 1.14 bits per heavy atom. The summed E-state index contributed by atoms with van der Waals surface area (Å²) < 4.78 is 0. The third kappa shape index (κ3) is 2.29. The molecular weight excluding hydrogens is 172 g/mol. The summed E-state index contributed by atoms with van der Waals surface area (Å²) in [6, 6.07) is 0.936. The first-order chi connectivity index (χ1) is 6.92. The second kappa shape index (κ2) is 5.13. The fraction of sp³-hybridized carbons (Fsp3) is 1.00. The lowest BCUT2D eigenvalue weighted by atomic mass is 9.96. The molecule has 2 nitrogen and oxygen atoms in total. The topological polar surface area (TPSA) is 15.3 Å². The summed E-state index contributed by atoms with van der Waals surface area (Å²) in [5, 5.41) is 3.26. The van der Waals surface area contributed by atoms with Gasteiger partial charge in [-0.25, -0.2) is 0 Å². The smallest absolute Gasteiger partial charge is 0.0124 e. The van der Waals surface area contributed by atoms with Crippen LogP contribution in [0.1, 0.15) is 38.5 Å². The minimum Gasteiger partial charge on any atom is -0.318 e. The van der Waals surface area contributed by atoms with Crippen LogP contribution in [0, 0.1) is 5.92 Å². The van der Waals surface area contributed by atoms with Gasteiger partial charge >= 0.3 is 0 Å². The zero-order chi connectivity index (χ0) is 9.80. The van der Waals surface area contributed by atoms with Crippen molar-refractivity contribution in [3.63, 3.8) is 0 Å². The van der Waals surface area contributed by atoms with Crippen molar-refractivity contribution >= 4 is 0 Å². The van der Waals surface area contributed by atoms with Crippen LogP contribution in [0.3, 0.4) is 0 Å². The number of nitrogens with one attached hydrogen (secondary N) is 1. The third-order valence-corrected chi connectivity index (χ3v) is 4.01. The van der Waals surface area contributed by atoms with Crippen LogP contribution in [-0.2, 0) is 0 Å². The van der Waals surface area contributed by atoms with Crippen LogP contribution in [-0.4, -0.2) is 37.6 Å². The largest absolute Gasteiger partial charge is 0.318 e. The van der Waals surface area contributed by atoms with Gasteiger partial charge in [-0.2, -0.15) is 0 Å². The van der Waals surface area contributed by atoms with E-state index in [1.165, 1.54) is 51.6 Å². The van der Waals surface area contributed by atoms with Gasteiger partial charge in [0.25, 0.3) is 0 Å². The molecule has 1 saturated heterocycles. The van der Waals surface area contributed by atoms with Gasteiger partial charge in [0.1, 0.15) is 0 Å². The first-order valence-electron chi connectivity index (χ1n) is 6.30. The van der Waals surface area contributed by atoms with Crippen molar-refractivity contribution in [2.45, 2.75) is 44.6 Å². The van der Waals surface area contributed by atoms with E-state index in [2.05, 4.69) is 17.3 Å². The molecule has 82 valence electrons. The SMILES string of the molecule is CNCCN1CCCC1C1CCCC1. The van der Waals surface area contributed by atoms with E-state index in [1.807, 2.05) is 0 Å². The lowest BCUT2D eigenvalue weighted by Crippen LogP contribution is -2.38. The standard InChI is InChI=1S/C12H24N2/c1-13-8-10-14-9-4-7-12(14)11-5-2-3-6-11/h11-13H,2-10H2,1H3. The van der Waals surface area contributed by atoms with Crippen LogP contribution < -0.4 is 5.32 Å². The van der Waals surface area contributed by atoms with Gasteiger partial charge in [-0.1, -0.05) is 12.8 Å². The highest BCUT2D eigenvalue weighted by molar-refractivity contribution is 4.87. The highest BCUT2D eigenvalue weighted by Crippen LogP contribution is 2.34. The van der Waals surface area contributed by atoms with Crippen molar-refractivity contribution in [2.24, 2.45) is 5.92 Å². The molecule has 0 bridgehead atoms. The first kappa shape index (κ1) is 10.4. The predicted molar refractivity (Wildman–Crippen MR) is 60.5 cm³/mol. The van der Waals surface area contributed by atoms with Crippen molar-refractivity contribution in [2.75, 3.05) is 26.7 Å². The van der Waals surface area contributed by atoms with E-state index >= 15 is 0 Å². The maximum Gasteiger partial charge on any atom is 0.0124 e. The lowest BCUT2D eigenvalue weighted by Gasteiger charge is -2.29. The monoisotopic (exact) mass is 196 g/mol. The van der Waals surface area contributed by atoms with E-state index in [0.717, 1.165) is 18.5 Å². The van der Waals surface area contributed by atoms with Crippen LogP contribution in [0.2, 0.25) is 0 Å². The molecule has 1 saturated carbocycles. The third-order valence-electron chi connectivity index (χ3n) is 4.01. The molecule has 0 aromatic carbocycles. The second-order valence-corrected chi connectivity index (χ2v) is 4.89. The molecule has 2 rings (SSSR count). The van der Waals surface area contributed by atoms with E-state index < -0.39 is 0 Å². The molecule has 2 heteroatoms. The molecule has 1 unspecified atom stereocenters. The summed E-state index contributed by atoms with van der Waals surface area (Å²) in [5.74, 6) is 1.04. The number of rotatable bonds is 4. The molecule has 1 atom stereocenters. The Hall–Kier alpha value is -0.0800. The molecule has 0 aromatic heterocycles. The van der Waals surface area contributed by atoms with Gasteiger partial charge in [0.15, 0.2) is 0 Å². The first-order valence-corrected chi connectivity index (χ1v) is 6.30.